The normalized spacial score (nSPS) is 15.8. The molecule has 0 aliphatic rings. The minimum absolute atomic E-state index is 4.82. The zero-order chi connectivity index (χ0) is 13.6. The average molecular weight is 269 g/mol. The smallest absolute Gasteiger partial charge is 0.198 e. The summed E-state index contributed by atoms with van der Waals surface area (Å²) in [7, 11) is 0. The van der Waals surface area contributed by atoms with E-state index in [1.807, 2.05) is 0 Å². The Kier molecular flexibility index (Phi) is 3.45. The second kappa shape index (κ2) is 3.62. The van der Waals surface area contributed by atoms with Crippen LogP contribution in [0.1, 0.15) is 0 Å². The van der Waals surface area contributed by atoms with Crippen LogP contribution in [0.3, 0.4) is 0 Å². The Bertz CT molecular complexity index is 203. The Balaban J connectivity index is 6.05. The molecule has 0 rings (SSSR count). The Labute approximate surface area is 80.0 Å². The van der Waals surface area contributed by atoms with Crippen molar-refractivity contribution in [3.05, 3.63) is 6.43 Å². The van der Waals surface area contributed by atoms with Gasteiger partial charge in [0.25, 0.3) is 0 Å². The van der Waals surface area contributed by atoms with Gasteiger partial charge >= 0.3 is 30.4 Å². The summed E-state index contributed by atoms with van der Waals surface area (Å²) in [6.45, 7) is 0. The van der Waals surface area contributed by atoms with Crippen molar-refractivity contribution in [2.45, 2.75) is 18.5 Å². The first-order valence-electron chi connectivity index (χ1n) is 3.08. The molecule has 16 heavy (non-hydrogen) atoms. The first-order chi connectivity index (χ1) is 6.69. The van der Waals surface area contributed by atoms with Crippen LogP contribution in [-0.4, -0.2) is 18.5 Å². The van der Waals surface area contributed by atoms with Gasteiger partial charge in [0.2, 0.25) is 0 Å². The molecule has 97 valence electrons. The van der Waals surface area contributed by atoms with Crippen molar-refractivity contribution < 1.29 is 48.3 Å². The quantitative estimate of drug-likeness (QED) is 0.629. The van der Waals surface area contributed by atoms with Crippen LogP contribution in [0.25, 0.3) is 0 Å². The zero-order valence-electron chi connectivity index (χ0n) is 6.66. The van der Waals surface area contributed by atoms with E-state index in [-0.39, 0.29) is 0 Å². The van der Waals surface area contributed by atoms with E-state index in [4.69, 9.17) is 0 Å². The molecule has 0 aliphatic carbocycles. The summed E-state index contributed by atoms with van der Waals surface area (Å²) in [5.74, 6) is 0. The molecule has 0 N–H and O–H groups in total. The molecule has 0 saturated carbocycles. The van der Waals surface area contributed by atoms with Gasteiger partial charge in [0, 0.05) is 0 Å². The molecule has 0 unspecified atom stereocenters. The van der Waals surface area contributed by atoms with E-state index in [1.54, 1.807) is 0 Å². The predicted octanol–water partition coefficient (Wildman–Crippen LogP) is 4.09. The minimum atomic E-state index is -7.23. The molecule has 0 heterocycles. The van der Waals surface area contributed by atoms with Gasteiger partial charge in [-0.05, 0) is 0 Å². The SMILES string of the molecule is F[C](F)C(C(F)(F)F)(C(F)(F)F)C(F)(F)F. The summed E-state index contributed by atoms with van der Waals surface area (Å²) in [5.41, 5.74) is -7.10. The van der Waals surface area contributed by atoms with E-state index in [0.29, 0.717) is 0 Å². The van der Waals surface area contributed by atoms with Crippen molar-refractivity contribution in [1.82, 2.24) is 0 Å². The maximum atomic E-state index is 11.7. The molecule has 0 nitrogen and oxygen atoms in total. The topological polar surface area (TPSA) is 0 Å². The third kappa shape index (κ3) is 1.90. The zero-order valence-corrected chi connectivity index (χ0v) is 6.66. The average Bonchev–Trinajstić information content (AvgIpc) is 1.71. The lowest BCUT2D eigenvalue weighted by atomic mass is 9.86. The Morgan fingerprint density at radius 2 is 0.688 bits per heavy atom. The molecular formula is C5F11. The predicted molar refractivity (Wildman–Crippen MR) is 26.1 cm³/mol. The van der Waals surface area contributed by atoms with Gasteiger partial charge < -0.3 is 0 Å². The number of hydrogen-bond acceptors (Lipinski definition) is 0. The minimum Gasteiger partial charge on any atom is -0.198 e. The van der Waals surface area contributed by atoms with Crippen LogP contribution in [0.2, 0.25) is 0 Å². The summed E-state index contributed by atoms with van der Waals surface area (Å²) < 4.78 is 128. The van der Waals surface area contributed by atoms with Crippen LogP contribution in [0.15, 0.2) is 0 Å². The van der Waals surface area contributed by atoms with Gasteiger partial charge in [-0.2, -0.15) is 48.3 Å². The van der Waals surface area contributed by atoms with E-state index in [0.717, 1.165) is 0 Å². The van der Waals surface area contributed by atoms with Gasteiger partial charge in [-0.25, -0.2) is 0 Å². The fraction of sp³-hybridized carbons (Fsp3) is 0.800. The van der Waals surface area contributed by atoms with Crippen molar-refractivity contribution in [2.75, 3.05) is 0 Å². The van der Waals surface area contributed by atoms with Crippen molar-refractivity contribution in [3.8, 4) is 0 Å². The largest absolute Gasteiger partial charge is 0.418 e. The van der Waals surface area contributed by atoms with Gasteiger partial charge in [-0.1, -0.05) is 0 Å². The number of hydrogen-bond donors (Lipinski definition) is 0. The van der Waals surface area contributed by atoms with Crippen LogP contribution < -0.4 is 0 Å². The number of alkyl halides is 9. The first kappa shape index (κ1) is 15.2. The maximum Gasteiger partial charge on any atom is 0.418 e. The van der Waals surface area contributed by atoms with Crippen molar-refractivity contribution in [2.24, 2.45) is 5.41 Å². The van der Waals surface area contributed by atoms with Crippen LogP contribution >= 0.6 is 0 Å². The molecule has 0 bridgehead atoms. The highest BCUT2D eigenvalue weighted by Gasteiger charge is 2.89. The van der Waals surface area contributed by atoms with Gasteiger partial charge in [-0.3, -0.25) is 0 Å². The van der Waals surface area contributed by atoms with Crippen LogP contribution in [-0.2, 0) is 0 Å². The van der Waals surface area contributed by atoms with Gasteiger partial charge in [-0.15, -0.1) is 0 Å². The highest BCUT2D eigenvalue weighted by Crippen LogP contribution is 2.64. The lowest BCUT2D eigenvalue weighted by Gasteiger charge is -2.36. The third-order valence-corrected chi connectivity index (χ3v) is 1.56. The fourth-order valence-corrected chi connectivity index (χ4v) is 0.804. The van der Waals surface area contributed by atoms with E-state index < -0.39 is 30.4 Å². The molecule has 11 heteroatoms. The molecule has 0 aromatic rings. The van der Waals surface area contributed by atoms with Crippen molar-refractivity contribution >= 4 is 0 Å². The van der Waals surface area contributed by atoms with Crippen molar-refractivity contribution in [3.63, 3.8) is 0 Å². The fourth-order valence-electron chi connectivity index (χ4n) is 0.804. The highest BCUT2D eigenvalue weighted by molar-refractivity contribution is 5.08. The molecule has 0 aliphatic heterocycles. The van der Waals surface area contributed by atoms with E-state index in [2.05, 4.69) is 0 Å². The molecule has 1 radical (unpaired) electrons. The summed E-state index contributed by atoms with van der Waals surface area (Å²) in [4.78, 5) is 0. The second-order valence-electron chi connectivity index (χ2n) is 2.50. The summed E-state index contributed by atoms with van der Waals surface area (Å²) in [6, 6.07) is 0. The van der Waals surface area contributed by atoms with Gasteiger partial charge in [0.15, 0.2) is 0 Å². The van der Waals surface area contributed by atoms with Crippen molar-refractivity contribution in [1.29, 1.82) is 0 Å². The first-order valence-corrected chi connectivity index (χ1v) is 3.08. The molecule has 0 saturated heterocycles. The molecular weight excluding hydrogens is 269 g/mol. The summed E-state index contributed by atoms with van der Waals surface area (Å²) in [6.07, 6.45) is -26.5. The Hall–Kier alpha value is -0.770. The van der Waals surface area contributed by atoms with E-state index in [1.165, 1.54) is 0 Å². The van der Waals surface area contributed by atoms with Crippen LogP contribution in [0, 0.1) is 11.8 Å². The Morgan fingerprint density at radius 3 is 0.688 bits per heavy atom. The summed E-state index contributed by atoms with van der Waals surface area (Å²) >= 11 is 0. The van der Waals surface area contributed by atoms with Gasteiger partial charge in [0.05, 0.1) is 0 Å². The maximum absolute atomic E-state index is 11.7. The van der Waals surface area contributed by atoms with Gasteiger partial charge in [0.1, 0.15) is 0 Å². The number of halogens is 11. The second-order valence-corrected chi connectivity index (χ2v) is 2.50. The molecule has 0 aromatic carbocycles. The highest BCUT2D eigenvalue weighted by atomic mass is 19.4. The molecule has 0 aromatic heterocycles. The molecule has 0 fully saturated rings. The van der Waals surface area contributed by atoms with E-state index in [9.17, 15) is 48.3 Å². The molecule has 0 amide bonds. The lowest BCUT2D eigenvalue weighted by Crippen LogP contribution is -2.61. The summed E-state index contributed by atoms with van der Waals surface area (Å²) in [5, 5.41) is 0. The monoisotopic (exact) mass is 269 g/mol. The molecule has 0 spiro atoms. The third-order valence-electron chi connectivity index (χ3n) is 1.56. The lowest BCUT2D eigenvalue weighted by molar-refractivity contribution is -0.433. The standard InChI is InChI=1S/C5F11/c6-1(7)2(3(8,9)10,4(11,12)13)5(14,15)16. The van der Waals surface area contributed by atoms with Crippen LogP contribution in [0.5, 0.6) is 0 Å². The number of rotatable bonds is 1. The van der Waals surface area contributed by atoms with E-state index >= 15 is 0 Å². The Morgan fingerprint density at radius 1 is 0.500 bits per heavy atom. The van der Waals surface area contributed by atoms with Crippen LogP contribution in [0.4, 0.5) is 48.3 Å². The molecule has 0 atom stereocenters.